The number of esters is 1. The largest absolute Gasteiger partial charge is 0.496 e. The number of hydrogen-bond donors (Lipinski definition) is 1. The van der Waals surface area contributed by atoms with Gasteiger partial charge in [0.2, 0.25) is 0 Å². The molecule has 0 amide bonds. The lowest BCUT2D eigenvalue weighted by Gasteiger charge is -2.37. The van der Waals surface area contributed by atoms with E-state index in [0.29, 0.717) is 17.9 Å². The zero-order valence-corrected chi connectivity index (χ0v) is 23.2. The van der Waals surface area contributed by atoms with Gasteiger partial charge in [0.15, 0.2) is 0 Å². The fourth-order valence-corrected chi connectivity index (χ4v) is 5.03. The Kier molecular flexibility index (Phi) is 7.99. The minimum atomic E-state index is -0.602. The van der Waals surface area contributed by atoms with Gasteiger partial charge in [0.05, 0.1) is 26.8 Å². The molecule has 1 atom stereocenters. The predicted octanol–water partition coefficient (Wildman–Crippen LogP) is 4.68. The van der Waals surface area contributed by atoms with Crippen LogP contribution in [0.1, 0.15) is 53.9 Å². The Bertz CT molecular complexity index is 1340. The number of carbonyl (C=O) groups is 2. The fourth-order valence-electron chi connectivity index (χ4n) is 5.03. The van der Waals surface area contributed by atoms with Crippen LogP contribution in [0.4, 0.5) is 4.79 Å². The van der Waals surface area contributed by atoms with Crippen LogP contribution in [-0.4, -0.2) is 68.1 Å². The third kappa shape index (κ3) is 5.49. The fraction of sp³-hybridized carbons (Fsp3) is 0.448. The summed E-state index contributed by atoms with van der Waals surface area (Å²) in [6.07, 6.45) is 1.35. The van der Waals surface area contributed by atoms with Crippen LogP contribution < -0.4 is 14.8 Å². The van der Waals surface area contributed by atoms with Crippen LogP contribution in [0, 0.1) is 6.92 Å². The van der Waals surface area contributed by atoms with Gasteiger partial charge in [-0.2, -0.15) is 0 Å². The first-order chi connectivity index (χ1) is 18.1. The second-order valence-corrected chi connectivity index (χ2v) is 10.4. The van der Waals surface area contributed by atoms with Gasteiger partial charge in [0.25, 0.3) is 0 Å². The molecule has 0 spiro atoms. The summed E-state index contributed by atoms with van der Waals surface area (Å²) in [6, 6.07) is 9.55. The zero-order chi connectivity index (χ0) is 27.6. The average molecular weight is 524 g/mol. The van der Waals surface area contributed by atoms with Crippen LogP contribution in [0.25, 0.3) is 10.9 Å². The van der Waals surface area contributed by atoms with E-state index < -0.39 is 17.7 Å². The maximum atomic E-state index is 13.0. The number of ether oxygens (including phenoxy) is 4. The molecule has 2 heterocycles. The third-order valence-corrected chi connectivity index (χ3v) is 6.77. The molecule has 2 aromatic carbocycles. The first kappa shape index (κ1) is 27.5. The van der Waals surface area contributed by atoms with E-state index in [9.17, 15) is 9.59 Å². The van der Waals surface area contributed by atoms with E-state index in [1.807, 2.05) is 52.0 Å². The highest BCUT2D eigenvalue weighted by molar-refractivity contribution is 5.95. The van der Waals surface area contributed by atoms with Crippen LogP contribution in [0.2, 0.25) is 0 Å². The first-order valence-electron chi connectivity index (χ1n) is 12.7. The summed E-state index contributed by atoms with van der Waals surface area (Å²) in [5.74, 6) is 0.811. The topological polar surface area (TPSA) is 91.3 Å². The normalized spacial score (nSPS) is 16.3. The number of aromatic nitrogens is 1. The Balaban J connectivity index is 1.73. The van der Waals surface area contributed by atoms with Gasteiger partial charge in [-0.05, 0) is 63.1 Å². The number of aryl methyl sites for hydroxylation is 1. The summed E-state index contributed by atoms with van der Waals surface area (Å²) < 4.78 is 23.5. The number of rotatable bonds is 6. The number of benzene rings is 2. The highest BCUT2D eigenvalue weighted by atomic mass is 16.6. The quantitative estimate of drug-likeness (QED) is 0.466. The molecule has 1 unspecified atom stereocenters. The highest BCUT2D eigenvalue weighted by Gasteiger charge is 2.28. The van der Waals surface area contributed by atoms with Gasteiger partial charge in [-0.15, -0.1) is 0 Å². The minimum absolute atomic E-state index is 0.0262. The Labute approximate surface area is 223 Å². The molecule has 38 heavy (non-hydrogen) atoms. The van der Waals surface area contributed by atoms with Crippen molar-refractivity contribution in [1.29, 1.82) is 0 Å². The Hall–Kier alpha value is -3.56. The van der Waals surface area contributed by atoms with Crippen molar-refractivity contribution in [3.63, 3.8) is 0 Å². The molecule has 1 fully saturated rings. The average Bonchev–Trinajstić information content (AvgIpc) is 3.35. The predicted molar refractivity (Wildman–Crippen MR) is 145 cm³/mol. The number of nitrogens with one attached hydrogen (secondary N) is 1. The number of hydrogen-bond acceptors (Lipinski definition) is 8. The second-order valence-electron chi connectivity index (χ2n) is 10.4. The van der Waals surface area contributed by atoms with E-state index in [1.54, 1.807) is 31.0 Å². The third-order valence-electron chi connectivity index (χ3n) is 6.77. The summed E-state index contributed by atoms with van der Waals surface area (Å²) in [4.78, 5) is 27.5. The SMILES string of the molecule is COC(=O)c1ccc(C2CNCCN2Cc2c(OC)cc(C)c3c2ccn3C(=O)OC(C)(C)C)cc1OC. The summed E-state index contributed by atoms with van der Waals surface area (Å²) in [6.45, 7) is 10.5. The molecule has 1 N–H and O–H groups in total. The molecule has 9 nitrogen and oxygen atoms in total. The Morgan fingerprint density at radius 2 is 1.79 bits per heavy atom. The van der Waals surface area contributed by atoms with Crippen molar-refractivity contribution in [2.45, 2.75) is 45.9 Å². The molecule has 4 rings (SSSR count). The molecule has 0 saturated carbocycles. The smallest absolute Gasteiger partial charge is 0.419 e. The monoisotopic (exact) mass is 523 g/mol. The van der Waals surface area contributed by atoms with E-state index in [0.717, 1.165) is 53.0 Å². The molecular weight excluding hydrogens is 486 g/mol. The van der Waals surface area contributed by atoms with Crippen molar-refractivity contribution in [2.24, 2.45) is 0 Å². The lowest BCUT2D eigenvalue weighted by atomic mass is 9.98. The van der Waals surface area contributed by atoms with Gasteiger partial charge >= 0.3 is 12.1 Å². The Morgan fingerprint density at radius 3 is 2.45 bits per heavy atom. The zero-order valence-electron chi connectivity index (χ0n) is 23.2. The van der Waals surface area contributed by atoms with Gasteiger partial charge in [0.1, 0.15) is 22.7 Å². The van der Waals surface area contributed by atoms with Gasteiger partial charge in [-0.25, -0.2) is 9.59 Å². The van der Waals surface area contributed by atoms with Crippen molar-refractivity contribution in [1.82, 2.24) is 14.8 Å². The number of methoxy groups -OCH3 is 3. The molecule has 1 aliphatic rings. The molecule has 0 radical (unpaired) electrons. The van der Waals surface area contributed by atoms with E-state index >= 15 is 0 Å². The van der Waals surface area contributed by atoms with Crippen LogP contribution in [0.5, 0.6) is 11.5 Å². The van der Waals surface area contributed by atoms with Crippen molar-refractivity contribution in [2.75, 3.05) is 41.0 Å². The van der Waals surface area contributed by atoms with Gasteiger partial charge in [-0.3, -0.25) is 9.47 Å². The standard InChI is InChI=1S/C29H37N3O6/c1-18-14-24(35-5)22(20-10-12-32(26(18)20)28(34)38-29(2,3)4)17-31-13-11-30-16-23(31)19-8-9-21(27(33)37-7)25(15-19)36-6/h8-10,12,14-15,23,30H,11,13,16-17H2,1-7H3. The number of fused-ring (bicyclic) bond motifs is 1. The maximum Gasteiger partial charge on any atom is 0.419 e. The molecule has 9 heteroatoms. The van der Waals surface area contributed by atoms with Crippen molar-refractivity contribution in [3.8, 4) is 11.5 Å². The van der Waals surface area contributed by atoms with Crippen LogP contribution >= 0.6 is 0 Å². The summed E-state index contributed by atoms with van der Waals surface area (Å²) in [5, 5.41) is 4.43. The molecule has 0 bridgehead atoms. The summed E-state index contributed by atoms with van der Waals surface area (Å²) >= 11 is 0. The van der Waals surface area contributed by atoms with Crippen LogP contribution in [-0.2, 0) is 16.0 Å². The van der Waals surface area contributed by atoms with E-state index in [2.05, 4.69) is 10.2 Å². The summed E-state index contributed by atoms with van der Waals surface area (Å²) in [7, 11) is 4.57. The minimum Gasteiger partial charge on any atom is -0.496 e. The van der Waals surface area contributed by atoms with Crippen LogP contribution in [0.3, 0.4) is 0 Å². The van der Waals surface area contributed by atoms with Gasteiger partial charge in [-0.1, -0.05) is 6.07 Å². The molecule has 204 valence electrons. The summed E-state index contributed by atoms with van der Waals surface area (Å²) in [5.41, 5.74) is 3.55. The molecule has 0 aliphatic carbocycles. The number of nitrogens with zero attached hydrogens (tertiary/aromatic N) is 2. The lowest BCUT2D eigenvalue weighted by molar-refractivity contribution is 0.0542. The van der Waals surface area contributed by atoms with E-state index in [1.165, 1.54) is 7.11 Å². The Morgan fingerprint density at radius 1 is 1.05 bits per heavy atom. The van der Waals surface area contributed by atoms with Crippen molar-refractivity contribution in [3.05, 3.63) is 58.8 Å². The van der Waals surface area contributed by atoms with Gasteiger partial charge in [0, 0.05) is 49.4 Å². The number of piperazine rings is 1. The maximum absolute atomic E-state index is 13.0. The second kappa shape index (κ2) is 11.0. The van der Waals surface area contributed by atoms with Gasteiger partial charge < -0.3 is 24.3 Å². The first-order valence-corrected chi connectivity index (χ1v) is 12.7. The molecule has 1 saturated heterocycles. The van der Waals surface area contributed by atoms with E-state index in [4.69, 9.17) is 18.9 Å². The van der Waals surface area contributed by atoms with Crippen molar-refractivity contribution < 1.29 is 28.5 Å². The number of carbonyl (C=O) groups excluding carboxylic acids is 2. The lowest BCUT2D eigenvalue weighted by Crippen LogP contribution is -2.45. The molecule has 3 aromatic rings. The van der Waals surface area contributed by atoms with Crippen molar-refractivity contribution >= 4 is 23.0 Å². The molecular formula is C29H37N3O6. The van der Waals surface area contributed by atoms with E-state index in [-0.39, 0.29) is 6.04 Å². The molecule has 1 aliphatic heterocycles. The highest BCUT2D eigenvalue weighted by Crippen LogP contribution is 2.36. The molecule has 1 aromatic heterocycles. The van der Waals surface area contributed by atoms with Crippen LogP contribution in [0.15, 0.2) is 36.5 Å².